The van der Waals surface area contributed by atoms with Gasteiger partial charge < -0.3 is 10.4 Å². The molecule has 0 heterocycles. The van der Waals surface area contributed by atoms with Gasteiger partial charge in [-0.1, -0.05) is 0 Å². The number of rotatable bonds is 3. The van der Waals surface area contributed by atoms with Crippen molar-refractivity contribution < 1.29 is 14.7 Å². The molecular formula is C8H11NO3. The number of carbonyl (C=O) groups is 2. The van der Waals surface area contributed by atoms with Crippen LogP contribution in [0.15, 0.2) is 0 Å². The van der Waals surface area contributed by atoms with E-state index in [0.717, 1.165) is 0 Å². The largest absolute Gasteiger partial charge is 0.480 e. The molecule has 2 N–H and O–H groups in total. The Morgan fingerprint density at radius 1 is 1.58 bits per heavy atom. The van der Waals surface area contributed by atoms with Crippen molar-refractivity contribution in [1.29, 1.82) is 0 Å². The molecule has 0 unspecified atom stereocenters. The molecule has 0 saturated heterocycles. The first kappa shape index (κ1) is 10.5. The molecule has 12 heavy (non-hydrogen) atoms. The van der Waals surface area contributed by atoms with Gasteiger partial charge in [0, 0.05) is 13.3 Å². The van der Waals surface area contributed by atoms with Crippen LogP contribution in [0.3, 0.4) is 0 Å². The van der Waals surface area contributed by atoms with Gasteiger partial charge in [-0.25, -0.2) is 4.79 Å². The third-order valence-corrected chi connectivity index (χ3v) is 1.16. The first-order valence-corrected chi connectivity index (χ1v) is 3.47. The molecule has 66 valence electrons. The van der Waals surface area contributed by atoms with E-state index in [2.05, 4.69) is 17.2 Å². The summed E-state index contributed by atoms with van der Waals surface area (Å²) in [6, 6.07) is -0.894. The van der Waals surface area contributed by atoms with Gasteiger partial charge in [0.25, 0.3) is 0 Å². The number of carbonyl (C=O) groups excluding carboxylic acids is 1. The highest BCUT2D eigenvalue weighted by Crippen LogP contribution is 1.90. The monoisotopic (exact) mass is 169 g/mol. The molecule has 0 aliphatic heterocycles. The molecule has 0 aromatic rings. The number of nitrogens with one attached hydrogen (secondary N) is 1. The Labute approximate surface area is 71.0 Å². The normalized spacial score (nSPS) is 10.8. The Kier molecular flexibility index (Phi) is 4.54. The number of carboxylic acid groups (broad SMARTS) is 1. The van der Waals surface area contributed by atoms with Crippen LogP contribution in [0.25, 0.3) is 0 Å². The zero-order chi connectivity index (χ0) is 9.56. The number of hydrogen-bond acceptors (Lipinski definition) is 2. The molecule has 0 aromatic carbocycles. The second-order valence-electron chi connectivity index (χ2n) is 2.22. The smallest absolute Gasteiger partial charge is 0.327 e. The fourth-order valence-electron chi connectivity index (χ4n) is 0.650. The summed E-state index contributed by atoms with van der Waals surface area (Å²) in [5, 5.41) is 10.8. The van der Waals surface area contributed by atoms with Gasteiger partial charge in [0.05, 0.1) is 0 Å². The zero-order valence-electron chi connectivity index (χ0n) is 7.05. The summed E-state index contributed by atoms with van der Waals surface area (Å²) in [5.74, 6) is 3.73. The van der Waals surface area contributed by atoms with Gasteiger partial charge in [-0.3, -0.25) is 4.79 Å². The Morgan fingerprint density at radius 3 is 2.50 bits per heavy atom. The lowest BCUT2D eigenvalue weighted by molar-refractivity contribution is -0.141. The van der Waals surface area contributed by atoms with Gasteiger partial charge in [-0.05, 0) is 6.92 Å². The van der Waals surface area contributed by atoms with Gasteiger partial charge >= 0.3 is 5.97 Å². The van der Waals surface area contributed by atoms with Crippen LogP contribution in [0.2, 0.25) is 0 Å². The summed E-state index contributed by atoms with van der Waals surface area (Å²) >= 11 is 0. The van der Waals surface area contributed by atoms with Crippen LogP contribution in [-0.2, 0) is 9.59 Å². The first-order valence-electron chi connectivity index (χ1n) is 3.47. The van der Waals surface area contributed by atoms with E-state index in [9.17, 15) is 9.59 Å². The number of hydrogen-bond donors (Lipinski definition) is 2. The number of carboxylic acids is 1. The first-order chi connectivity index (χ1) is 5.57. The van der Waals surface area contributed by atoms with Crippen LogP contribution < -0.4 is 5.32 Å². The van der Waals surface area contributed by atoms with Crippen molar-refractivity contribution in [3.8, 4) is 11.8 Å². The molecule has 0 radical (unpaired) electrons. The van der Waals surface area contributed by atoms with Crippen molar-refractivity contribution >= 4 is 11.9 Å². The van der Waals surface area contributed by atoms with E-state index in [4.69, 9.17) is 5.11 Å². The van der Waals surface area contributed by atoms with Crippen LogP contribution in [0.5, 0.6) is 0 Å². The predicted octanol–water partition coefficient (Wildman–Crippen LogP) is -0.0109. The minimum atomic E-state index is -1.06. The third-order valence-electron chi connectivity index (χ3n) is 1.16. The molecule has 0 aromatic heterocycles. The summed E-state index contributed by atoms with van der Waals surface area (Å²) in [7, 11) is 0. The fourth-order valence-corrected chi connectivity index (χ4v) is 0.650. The van der Waals surface area contributed by atoms with Gasteiger partial charge in [0.1, 0.15) is 6.04 Å². The molecule has 0 aliphatic rings. The van der Waals surface area contributed by atoms with Crippen LogP contribution in [0.4, 0.5) is 0 Å². The Morgan fingerprint density at radius 2 is 2.17 bits per heavy atom. The van der Waals surface area contributed by atoms with Crippen molar-refractivity contribution in [2.24, 2.45) is 0 Å². The second kappa shape index (κ2) is 5.19. The summed E-state index contributed by atoms with van der Waals surface area (Å²) in [6.07, 6.45) is 0.144. The van der Waals surface area contributed by atoms with E-state index >= 15 is 0 Å². The Balaban J connectivity index is 4.10. The molecule has 1 atom stereocenters. The molecule has 4 heteroatoms. The molecule has 0 spiro atoms. The molecule has 0 bridgehead atoms. The van der Waals surface area contributed by atoms with Crippen molar-refractivity contribution in [3.63, 3.8) is 0 Å². The van der Waals surface area contributed by atoms with Gasteiger partial charge in [-0.2, -0.15) is 0 Å². The fraction of sp³-hybridized carbons (Fsp3) is 0.500. The molecular weight excluding hydrogens is 158 g/mol. The highest BCUT2D eigenvalue weighted by atomic mass is 16.4. The average molecular weight is 169 g/mol. The van der Waals surface area contributed by atoms with Crippen molar-refractivity contribution in [2.45, 2.75) is 26.3 Å². The quantitative estimate of drug-likeness (QED) is 0.584. The SMILES string of the molecule is CC#CC[C@@H](NC(C)=O)C(=O)O. The van der Waals surface area contributed by atoms with E-state index < -0.39 is 12.0 Å². The average Bonchev–Trinajstić information content (AvgIpc) is 1.96. The van der Waals surface area contributed by atoms with E-state index in [1.807, 2.05) is 0 Å². The molecule has 4 nitrogen and oxygen atoms in total. The molecule has 0 rings (SSSR count). The Bertz CT molecular complexity index is 236. The van der Waals surface area contributed by atoms with Crippen LogP contribution in [-0.4, -0.2) is 23.0 Å². The van der Waals surface area contributed by atoms with Gasteiger partial charge in [0.2, 0.25) is 5.91 Å². The maximum Gasteiger partial charge on any atom is 0.327 e. The van der Waals surface area contributed by atoms with E-state index in [0.29, 0.717) is 0 Å². The summed E-state index contributed by atoms with van der Waals surface area (Å²) < 4.78 is 0. The highest BCUT2D eigenvalue weighted by molar-refractivity contribution is 5.82. The minimum absolute atomic E-state index is 0.144. The molecule has 0 aliphatic carbocycles. The van der Waals surface area contributed by atoms with Gasteiger partial charge in [-0.15, -0.1) is 11.8 Å². The highest BCUT2D eigenvalue weighted by Gasteiger charge is 2.16. The zero-order valence-corrected chi connectivity index (χ0v) is 7.05. The van der Waals surface area contributed by atoms with Crippen molar-refractivity contribution in [2.75, 3.05) is 0 Å². The number of amides is 1. The number of aliphatic carboxylic acids is 1. The summed E-state index contributed by atoms with van der Waals surface area (Å²) in [6.45, 7) is 2.89. The van der Waals surface area contributed by atoms with E-state index in [1.54, 1.807) is 6.92 Å². The lowest BCUT2D eigenvalue weighted by atomic mass is 10.2. The minimum Gasteiger partial charge on any atom is -0.480 e. The second-order valence-corrected chi connectivity index (χ2v) is 2.22. The molecule has 0 saturated carbocycles. The molecule has 0 fully saturated rings. The van der Waals surface area contributed by atoms with Crippen molar-refractivity contribution in [1.82, 2.24) is 5.32 Å². The predicted molar refractivity (Wildman–Crippen MR) is 43.3 cm³/mol. The van der Waals surface area contributed by atoms with Gasteiger partial charge in [0.15, 0.2) is 0 Å². The molecule has 1 amide bonds. The van der Waals surface area contributed by atoms with Crippen LogP contribution in [0.1, 0.15) is 20.3 Å². The standard InChI is InChI=1S/C8H11NO3/c1-3-4-5-7(8(11)12)9-6(2)10/h7H,5H2,1-2H3,(H,9,10)(H,11,12)/t7-/m1/s1. The summed E-state index contributed by atoms with van der Waals surface area (Å²) in [4.78, 5) is 21.0. The third kappa shape index (κ3) is 4.34. The maximum atomic E-state index is 10.5. The lowest BCUT2D eigenvalue weighted by Crippen LogP contribution is -2.39. The van der Waals surface area contributed by atoms with Crippen molar-refractivity contribution in [3.05, 3.63) is 0 Å². The lowest BCUT2D eigenvalue weighted by Gasteiger charge is -2.08. The topological polar surface area (TPSA) is 66.4 Å². The summed E-state index contributed by atoms with van der Waals surface area (Å²) in [5.41, 5.74) is 0. The van der Waals surface area contributed by atoms with Crippen LogP contribution >= 0.6 is 0 Å². The Hall–Kier alpha value is -1.50. The maximum absolute atomic E-state index is 10.5. The van der Waals surface area contributed by atoms with E-state index in [-0.39, 0.29) is 12.3 Å². The van der Waals surface area contributed by atoms with E-state index in [1.165, 1.54) is 6.92 Å². The van der Waals surface area contributed by atoms with Crippen LogP contribution in [0, 0.1) is 11.8 Å².